The SMILES string of the molecule is CCCOc1ccc(-c2ncc(C(=O)OC)[nH]2)cc1. The molecule has 1 aromatic heterocycles. The third-order valence-corrected chi connectivity index (χ3v) is 2.58. The molecular weight excluding hydrogens is 244 g/mol. The fraction of sp³-hybridized carbons (Fsp3) is 0.286. The zero-order chi connectivity index (χ0) is 13.7. The van der Waals surface area contributed by atoms with Crippen molar-refractivity contribution in [2.24, 2.45) is 0 Å². The molecule has 5 nitrogen and oxygen atoms in total. The number of methoxy groups -OCH3 is 1. The normalized spacial score (nSPS) is 10.2. The molecule has 0 saturated heterocycles. The van der Waals surface area contributed by atoms with E-state index in [9.17, 15) is 4.79 Å². The monoisotopic (exact) mass is 260 g/mol. The van der Waals surface area contributed by atoms with E-state index in [4.69, 9.17) is 4.74 Å². The second-order valence-corrected chi connectivity index (χ2v) is 4.01. The molecule has 0 amide bonds. The summed E-state index contributed by atoms with van der Waals surface area (Å²) in [4.78, 5) is 18.4. The van der Waals surface area contributed by atoms with Gasteiger partial charge in [-0.3, -0.25) is 0 Å². The average Bonchev–Trinajstić information content (AvgIpc) is 2.94. The fourth-order valence-corrected chi connectivity index (χ4v) is 1.61. The van der Waals surface area contributed by atoms with Gasteiger partial charge in [0, 0.05) is 5.56 Å². The van der Waals surface area contributed by atoms with E-state index in [1.54, 1.807) is 0 Å². The van der Waals surface area contributed by atoms with Gasteiger partial charge in [0.2, 0.25) is 0 Å². The van der Waals surface area contributed by atoms with Gasteiger partial charge < -0.3 is 14.5 Å². The maximum absolute atomic E-state index is 11.3. The van der Waals surface area contributed by atoms with Gasteiger partial charge in [-0.2, -0.15) is 0 Å². The first-order valence-electron chi connectivity index (χ1n) is 6.11. The molecule has 1 heterocycles. The van der Waals surface area contributed by atoms with Crippen LogP contribution in [-0.4, -0.2) is 29.7 Å². The minimum absolute atomic E-state index is 0.337. The minimum Gasteiger partial charge on any atom is -0.494 e. The van der Waals surface area contributed by atoms with Gasteiger partial charge in [-0.25, -0.2) is 9.78 Å². The molecule has 0 unspecified atom stereocenters. The number of hydrogen-bond donors (Lipinski definition) is 1. The quantitative estimate of drug-likeness (QED) is 0.839. The van der Waals surface area contributed by atoms with Crippen molar-refractivity contribution in [3.05, 3.63) is 36.2 Å². The van der Waals surface area contributed by atoms with E-state index in [-0.39, 0.29) is 0 Å². The van der Waals surface area contributed by atoms with Crippen molar-refractivity contribution in [2.45, 2.75) is 13.3 Å². The molecule has 5 heteroatoms. The summed E-state index contributed by atoms with van der Waals surface area (Å²) in [5.74, 6) is 1.02. The van der Waals surface area contributed by atoms with Gasteiger partial charge in [-0.1, -0.05) is 6.92 Å². The third kappa shape index (κ3) is 3.13. The Morgan fingerprint density at radius 1 is 1.32 bits per heavy atom. The summed E-state index contributed by atoms with van der Waals surface area (Å²) in [6, 6.07) is 7.55. The van der Waals surface area contributed by atoms with Gasteiger partial charge in [-0.05, 0) is 30.7 Å². The Labute approximate surface area is 111 Å². The third-order valence-electron chi connectivity index (χ3n) is 2.58. The summed E-state index contributed by atoms with van der Waals surface area (Å²) in [5, 5.41) is 0. The number of aromatic amines is 1. The van der Waals surface area contributed by atoms with E-state index in [1.165, 1.54) is 13.3 Å². The van der Waals surface area contributed by atoms with Crippen LogP contribution in [-0.2, 0) is 4.74 Å². The van der Waals surface area contributed by atoms with Crippen LogP contribution in [0.1, 0.15) is 23.8 Å². The molecule has 0 radical (unpaired) electrons. The lowest BCUT2D eigenvalue weighted by atomic mass is 10.2. The van der Waals surface area contributed by atoms with E-state index < -0.39 is 5.97 Å². The summed E-state index contributed by atoms with van der Waals surface area (Å²) in [6.07, 6.45) is 2.44. The van der Waals surface area contributed by atoms with Crippen LogP contribution in [0.5, 0.6) is 5.75 Å². The van der Waals surface area contributed by atoms with Crippen molar-refractivity contribution >= 4 is 5.97 Å². The first kappa shape index (κ1) is 13.1. The molecule has 0 aliphatic carbocycles. The van der Waals surface area contributed by atoms with E-state index in [1.807, 2.05) is 24.3 Å². The Morgan fingerprint density at radius 2 is 2.05 bits per heavy atom. The minimum atomic E-state index is -0.429. The Bertz CT molecular complexity index is 546. The number of ether oxygens (including phenoxy) is 2. The molecule has 0 saturated carbocycles. The van der Waals surface area contributed by atoms with Gasteiger partial charge in [-0.15, -0.1) is 0 Å². The Balaban J connectivity index is 2.13. The number of benzene rings is 1. The van der Waals surface area contributed by atoms with Gasteiger partial charge in [0.05, 0.1) is 19.9 Å². The average molecular weight is 260 g/mol. The van der Waals surface area contributed by atoms with Crippen molar-refractivity contribution in [3.63, 3.8) is 0 Å². The van der Waals surface area contributed by atoms with Gasteiger partial charge in [0.15, 0.2) is 0 Å². The summed E-state index contributed by atoms with van der Waals surface area (Å²) >= 11 is 0. The number of nitrogens with zero attached hydrogens (tertiary/aromatic N) is 1. The Kier molecular flexibility index (Phi) is 4.18. The molecule has 0 fully saturated rings. The number of imidazole rings is 1. The van der Waals surface area contributed by atoms with Crippen LogP contribution in [0.25, 0.3) is 11.4 Å². The van der Waals surface area contributed by atoms with E-state index in [2.05, 4.69) is 21.6 Å². The molecule has 1 N–H and O–H groups in total. The van der Waals surface area contributed by atoms with Crippen molar-refractivity contribution in [3.8, 4) is 17.1 Å². The number of carbonyl (C=O) groups is 1. The Morgan fingerprint density at radius 3 is 2.68 bits per heavy atom. The van der Waals surface area contributed by atoms with Crippen LogP contribution < -0.4 is 4.74 Å². The predicted molar refractivity (Wildman–Crippen MR) is 71.1 cm³/mol. The summed E-state index contributed by atoms with van der Waals surface area (Å²) < 4.78 is 10.1. The number of rotatable bonds is 5. The van der Waals surface area contributed by atoms with Gasteiger partial charge in [0.1, 0.15) is 17.3 Å². The van der Waals surface area contributed by atoms with Crippen molar-refractivity contribution < 1.29 is 14.3 Å². The molecule has 0 spiro atoms. The van der Waals surface area contributed by atoms with E-state index in [0.29, 0.717) is 18.1 Å². The smallest absolute Gasteiger partial charge is 0.356 e. The van der Waals surface area contributed by atoms with Crippen LogP contribution >= 0.6 is 0 Å². The molecule has 2 rings (SSSR count). The summed E-state index contributed by atoms with van der Waals surface area (Å²) in [6.45, 7) is 2.76. The number of aromatic nitrogens is 2. The standard InChI is InChI=1S/C14H16N2O3/c1-3-8-19-11-6-4-10(5-7-11)13-15-9-12(16-13)14(17)18-2/h4-7,9H,3,8H2,1-2H3,(H,15,16). The second kappa shape index (κ2) is 6.04. The van der Waals surface area contributed by atoms with Gasteiger partial charge >= 0.3 is 5.97 Å². The highest BCUT2D eigenvalue weighted by molar-refractivity contribution is 5.87. The maximum atomic E-state index is 11.3. The lowest BCUT2D eigenvalue weighted by molar-refractivity contribution is 0.0595. The molecule has 1 aromatic carbocycles. The Hall–Kier alpha value is -2.30. The summed E-state index contributed by atoms with van der Waals surface area (Å²) in [7, 11) is 1.34. The highest BCUT2D eigenvalue weighted by atomic mass is 16.5. The van der Waals surface area contributed by atoms with Crippen LogP contribution in [0, 0.1) is 0 Å². The van der Waals surface area contributed by atoms with Gasteiger partial charge in [0.25, 0.3) is 0 Å². The topological polar surface area (TPSA) is 64.2 Å². The molecule has 0 aliphatic heterocycles. The lowest BCUT2D eigenvalue weighted by Crippen LogP contribution is -2.00. The van der Waals surface area contributed by atoms with Crippen molar-refractivity contribution in [1.29, 1.82) is 0 Å². The van der Waals surface area contributed by atoms with Crippen molar-refractivity contribution in [2.75, 3.05) is 13.7 Å². The number of esters is 1. The molecule has 0 bridgehead atoms. The molecule has 0 aliphatic rings. The van der Waals surface area contributed by atoms with E-state index in [0.717, 1.165) is 17.7 Å². The number of nitrogens with one attached hydrogen (secondary N) is 1. The number of carbonyl (C=O) groups excluding carboxylic acids is 1. The molecule has 2 aromatic rings. The predicted octanol–water partition coefficient (Wildman–Crippen LogP) is 2.65. The lowest BCUT2D eigenvalue weighted by Gasteiger charge is -2.04. The maximum Gasteiger partial charge on any atom is 0.356 e. The number of H-pyrrole nitrogens is 1. The highest BCUT2D eigenvalue weighted by Gasteiger charge is 2.10. The molecule has 19 heavy (non-hydrogen) atoms. The van der Waals surface area contributed by atoms with Crippen LogP contribution in [0.3, 0.4) is 0 Å². The zero-order valence-electron chi connectivity index (χ0n) is 11.0. The zero-order valence-corrected chi connectivity index (χ0v) is 11.0. The second-order valence-electron chi connectivity index (χ2n) is 4.01. The fourth-order valence-electron chi connectivity index (χ4n) is 1.61. The highest BCUT2D eigenvalue weighted by Crippen LogP contribution is 2.20. The van der Waals surface area contributed by atoms with Crippen LogP contribution in [0.4, 0.5) is 0 Å². The van der Waals surface area contributed by atoms with Crippen LogP contribution in [0.15, 0.2) is 30.5 Å². The van der Waals surface area contributed by atoms with Crippen LogP contribution in [0.2, 0.25) is 0 Å². The molecule has 0 atom stereocenters. The molecular formula is C14H16N2O3. The first-order valence-corrected chi connectivity index (χ1v) is 6.11. The number of hydrogen-bond acceptors (Lipinski definition) is 4. The largest absolute Gasteiger partial charge is 0.494 e. The molecule has 100 valence electrons. The van der Waals surface area contributed by atoms with Crippen molar-refractivity contribution in [1.82, 2.24) is 9.97 Å². The summed E-state index contributed by atoms with van der Waals surface area (Å²) in [5.41, 5.74) is 1.22. The van der Waals surface area contributed by atoms with E-state index >= 15 is 0 Å². The first-order chi connectivity index (χ1) is 9.24.